The predicted octanol–water partition coefficient (Wildman–Crippen LogP) is 3.61. The van der Waals surface area contributed by atoms with Crippen LogP contribution in [0.5, 0.6) is 0 Å². The molecule has 1 nitrogen and oxygen atoms in total. The summed E-state index contributed by atoms with van der Waals surface area (Å²) in [5.74, 6) is -1.16. The minimum atomic E-state index is -0.550. The SMILES string of the molecule is O=C(CCl)c1cc(I)cc(Br)c1F. The lowest BCUT2D eigenvalue weighted by molar-refractivity contribution is 0.101. The van der Waals surface area contributed by atoms with E-state index in [9.17, 15) is 9.18 Å². The van der Waals surface area contributed by atoms with Crippen LogP contribution in [0, 0.1) is 9.39 Å². The number of hydrogen-bond donors (Lipinski definition) is 0. The number of alkyl halides is 1. The van der Waals surface area contributed by atoms with Crippen molar-refractivity contribution in [1.29, 1.82) is 0 Å². The van der Waals surface area contributed by atoms with Gasteiger partial charge in [-0.1, -0.05) is 0 Å². The summed E-state index contributed by atoms with van der Waals surface area (Å²) in [5, 5.41) is 0. The Morgan fingerprint density at radius 3 is 2.77 bits per heavy atom. The van der Waals surface area contributed by atoms with E-state index >= 15 is 0 Å². The van der Waals surface area contributed by atoms with Gasteiger partial charge >= 0.3 is 0 Å². The van der Waals surface area contributed by atoms with Crippen molar-refractivity contribution in [2.24, 2.45) is 0 Å². The smallest absolute Gasteiger partial charge is 0.180 e. The molecule has 1 aromatic rings. The molecule has 0 bridgehead atoms. The number of hydrogen-bond acceptors (Lipinski definition) is 1. The fraction of sp³-hybridized carbons (Fsp3) is 0.125. The zero-order chi connectivity index (χ0) is 10.0. The minimum absolute atomic E-state index is 0.0359. The Hall–Kier alpha value is 0.320. The second-order valence-electron chi connectivity index (χ2n) is 2.31. The van der Waals surface area contributed by atoms with Gasteiger partial charge in [0.1, 0.15) is 5.82 Å². The van der Waals surface area contributed by atoms with Gasteiger partial charge in [0.25, 0.3) is 0 Å². The molecule has 0 heterocycles. The summed E-state index contributed by atoms with van der Waals surface area (Å²) < 4.78 is 14.4. The van der Waals surface area contributed by atoms with Crippen LogP contribution in [0.15, 0.2) is 16.6 Å². The van der Waals surface area contributed by atoms with Gasteiger partial charge in [-0.05, 0) is 50.7 Å². The van der Waals surface area contributed by atoms with Crippen LogP contribution >= 0.6 is 50.1 Å². The summed E-state index contributed by atoms with van der Waals surface area (Å²) in [4.78, 5) is 11.1. The van der Waals surface area contributed by atoms with Gasteiger partial charge in [-0.25, -0.2) is 4.39 Å². The molecule has 0 radical (unpaired) electrons. The highest BCUT2D eigenvalue weighted by Gasteiger charge is 2.14. The van der Waals surface area contributed by atoms with Crippen LogP contribution in [0.25, 0.3) is 0 Å². The lowest BCUT2D eigenvalue weighted by Crippen LogP contribution is -2.04. The van der Waals surface area contributed by atoms with Crippen LogP contribution in [0.3, 0.4) is 0 Å². The Labute approximate surface area is 102 Å². The van der Waals surface area contributed by atoms with Gasteiger partial charge in [0.2, 0.25) is 0 Å². The van der Waals surface area contributed by atoms with Crippen molar-refractivity contribution in [3.63, 3.8) is 0 Å². The molecule has 0 fully saturated rings. The van der Waals surface area contributed by atoms with Gasteiger partial charge in [-0.2, -0.15) is 0 Å². The van der Waals surface area contributed by atoms with Gasteiger partial charge < -0.3 is 0 Å². The molecule has 0 aliphatic carbocycles. The Balaban J connectivity index is 3.28. The highest BCUT2D eigenvalue weighted by atomic mass is 127. The predicted molar refractivity (Wildman–Crippen MR) is 61.9 cm³/mol. The Bertz CT molecular complexity index is 356. The van der Waals surface area contributed by atoms with Gasteiger partial charge in [-0.15, -0.1) is 11.6 Å². The van der Waals surface area contributed by atoms with Crippen LogP contribution in [0.4, 0.5) is 4.39 Å². The maximum absolute atomic E-state index is 13.3. The van der Waals surface area contributed by atoms with E-state index in [4.69, 9.17) is 11.6 Å². The molecule has 0 amide bonds. The first-order valence-electron chi connectivity index (χ1n) is 3.30. The van der Waals surface area contributed by atoms with E-state index in [0.29, 0.717) is 0 Å². The fourth-order valence-electron chi connectivity index (χ4n) is 0.831. The number of ketones is 1. The maximum atomic E-state index is 13.3. The van der Waals surface area contributed by atoms with Crippen molar-refractivity contribution in [3.8, 4) is 0 Å². The van der Waals surface area contributed by atoms with E-state index in [1.807, 2.05) is 22.6 Å². The Morgan fingerprint density at radius 2 is 2.23 bits per heavy atom. The third-order valence-corrected chi connectivity index (χ3v) is 2.86. The normalized spacial score (nSPS) is 10.2. The summed E-state index contributed by atoms with van der Waals surface area (Å²) >= 11 is 10.4. The van der Waals surface area contributed by atoms with Crippen LogP contribution in [0.1, 0.15) is 10.4 Å². The molecule has 70 valence electrons. The van der Waals surface area contributed by atoms with E-state index in [1.54, 1.807) is 6.07 Å². The van der Waals surface area contributed by atoms with Crippen LogP contribution in [-0.4, -0.2) is 11.7 Å². The molecule has 0 saturated carbocycles. The lowest BCUT2D eigenvalue weighted by atomic mass is 10.1. The van der Waals surface area contributed by atoms with Crippen LogP contribution in [0.2, 0.25) is 0 Å². The number of carbonyl (C=O) groups excluding carboxylic acids is 1. The molecule has 0 atom stereocenters. The molecule has 0 unspecified atom stereocenters. The summed E-state index contributed by atoms with van der Waals surface area (Å²) in [6, 6.07) is 3.08. The number of Topliss-reactive ketones (excluding diaryl/α,β-unsaturated/α-hetero) is 1. The highest BCUT2D eigenvalue weighted by Crippen LogP contribution is 2.23. The third kappa shape index (κ3) is 2.63. The highest BCUT2D eigenvalue weighted by molar-refractivity contribution is 14.1. The standard InChI is InChI=1S/C8H4BrClFIO/c9-6-2-4(12)1-5(8(6)11)7(13)3-10/h1-2H,3H2. The minimum Gasteiger partial charge on any atom is -0.293 e. The molecular formula is C8H4BrClFIO. The van der Waals surface area contributed by atoms with Crippen LogP contribution in [-0.2, 0) is 0 Å². The van der Waals surface area contributed by atoms with Gasteiger partial charge in [0.05, 0.1) is 15.9 Å². The van der Waals surface area contributed by atoms with Gasteiger partial charge in [-0.3, -0.25) is 4.79 Å². The van der Waals surface area contributed by atoms with E-state index < -0.39 is 11.6 Å². The first kappa shape index (κ1) is 11.4. The molecule has 13 heavy (non-hydrogen) atoms. The van der Waals surface area contributed by atoms with Crippen molar-refractivity contribution in [3.05, 3.63) is 31.6 Å². The van der Waals surface area contributed by atoms with Gasteiger partial charge in [0, 0.05) is 3.57 Å². The largest absolute Gasteiger partial charge is 0.293 e. The Kier molecular flexibility index (Phi) is 4.12. The van der Waals surface area contributed by atoms with Crippen molar-refractivity contribution in [2.75, 3.05) is 5.88 Å². The molecule has 5 heteroatoms. The first-order valence-corrected chi connectivity index (χ1v) is 5.70. The van der Waals surface area contributed by atoms with E-state index in [1.165, 1.54) is 6.07 Å². The lowest BCUT2D eigenvalue weighted by Gasteiger charge is -2.02. The van der Waals surface area contributed by atoms with Crippen molar-refractivity contribution < 1.29 is 9.18 Å². The zero-order valence-corrected chi connectivity index (χ0v) is 10.8. The van der Waals surface area contributed by atoms with Crippen LogP contribution < -0.4 is 0 Å². The summed E-state index contributed by atoms with van der Waals surface area (Å²) in [5.41, 5.74) is 0.0359. The molecule has 0 N–H and O–H groups in total. The summed E-state index contributed by atoms with van der Waals surface area (Å²) in [7, 11) is 0. The average Bonchev–Trinajstić information content (AvgIpc) is 2.10. The Morgan fingerprint density at radius 1 is 1.62 bits per heavy atom. The molecule has 0 aromatic heterocycles. The summed E-state index contributed by atoms with van der Waals surface area (Å²) in [6.07, 6.45) is 0. The topological polar surface area (TPSA) is 17.1 Å². The van der Waals surface area contributed by atoms with Crippen molar-refractivity contribution in [1.82, 2.24) is 0 Å². The van der Waals surface area contributed by atoms with E-state index in [0.717, 1.165) is 3.57 Å². The molecule has 0 aliphatic rings. The number of halogens is 4. The number of rotatable bonds is 2. The molecule has 1 aromatic carbocycles. The molecule has 0 saturated heterocycles. The quantitative estimate of drug-likeness (QED) is 0.333. The summed E-state index contributed by atoms with van der Waals surface area (Å²) in [6.45, 7) is 0. The fourth-order valence-corrected chi connectivity index (χ4v) is 2.49. The van der Waals surface area contributed by atoms with E-state index in [-0.39, 0.29) is 15.9 Å². The van der Waals surface area contributed by atoms with Gasteiger partial charge in [0.15, 0.2) is 5.78 Å². The number of benzene rings is 1. The van der Waals surface area contributed by atoms with Crippen molar-refractivity contribution in [2.45, 2.75) is 0 Å². The zero-order valence-electron chi connectivity index (χ0n) is 6.28. The average molecular weight is 377 g/mol. The number of carbonyl (C=O) groups is 1. The molecule has 0 aliphatic heterocycles. The monoisotopic (exact) mass is 376 g/mol. The first-order chi connectivity index (χ1) is 6.06. The van der Waals surface area contributed by atoms with Crippen molar-refractivity contribution >= 4 is 55.9 Å². The molecule has 1 rings (SSSR count). The van der Waals surface area contributed by atoms with E-state index in [2.05, 4.69) is 15.9 Å². The second-order valence-corrected chi connectivity index (χ2v) is 4.67. The maximum Gasteiger partial charge on any atom is 0.180 e. The second kappa shape index (κ2) is 4.70. The molecule has 0 spiro atoms. The third-order valence-electron chi connectivity index (χ3n) is 1.41. The molecular weight excluding hydrogens is 373 g/mol.